The number of benzene rings is 1. The Kier molecular flexibility index (Phi) is 4.78. The summed E-state index contributed by atoms with van der Waals surface area (Å²) in [7, 11) is 0. The van der Waals surface area contributed by atoms with Crippen LogP contribution in [0.1, 0.15) is 43.5 Å². The van der Waals surface area contributed by atoms with Crippen LogP contribution in [-0.4, -0.2) is 52.9 Å². The summed E-state index contributed by atoms with van der Waals surface area (Å²) in [6, 6.07) is 6.38. The monoisotopic (exact) mass is 357 g/mol. The molecular weight excluding hydrogens is 330 g/mol. The van der Waals surface area contributed by atoms with Gasteiger partial charge >= 0.3 is 0 Å². The topological polar surface area (TPSA) is 36.4 Å². The van der Waals surface area contributed by atoms with E-state index < -0.39 is 0 Å². The minimum absolute atomic E-state index is 0.175. The van der Waals surface area contributed by atoms with Crippen molar-refractivity contribution in [2.24, 2.45) is 11.8 Å². The Labute approximate surface area is 153 Å². The van der Waals surface area contributed by atoms with E-state index in [-0.39, 0.29) is 5.91 Å². The van der Waals surface area contributed by atoms with Crippen molar-refractivity contribution in [1.29, 1.82) is 0 Å². The summed E-state index contributed by atoms with van der Waals surface area (Å²) in [6.45, 7) is 8.65. The minimum Gasteiger partial charge on any atom is -0.337 e. The molecule has 4 rings (SSSR count). The molecule has 1 aliphatic carbocycles. The van der Waals surface area contributed by atoms with Gasteiger partial charge in [-0.25, -0.2) is 4.98 Å². The fourth-order valence-corrected chi connectivity index (χ4v) is 4.63. The Morgan fingerprint density at radius 2 is 2.16 bits per heavy atom. The van der Waals surface area contributed by atoms with Crippen molar-refractivity contribution >= 4 is 27.5 Å². The van der Waals surface area contributed by atoms with E-state index in [2.05, 4.69) is 28.6 Å². The van der Waals surface area contributed by atoms with Crippen LogP contribution in [-0.2, 0) is 0 Å². The van der Waals surface area contributed by atoms with Crippen molar-refractivity contribution in [3.63, 3.8) is 0 Å². The Morgan fingerprint density at radius 1 is 1.32 bits per heavy atom. The first-order valence-corrected chi connectivity index (χ1v) is 10.4. The van der Waals surface area contributed by atoms with Crippen LogP contribution in [0.15, 0.2) is 23.7 Å². The molecule has 1 amide bonds. The number of amides is 1. The van der Waals surface area contributed by atoms with Crippen LogP contribution in [0.25, 0.3) is 10.2 Å². The van der Waals surface area contributed by atoms with Crippen molar-refractivity contribution in [2.75, 3.05) is 26.2 Å². The molecule has 2 aliphatic rings. The van der Waals surface area contributed by atoms with Gasteiger partial charge < -0.3 is 4.90 Å². The molecule has 0 radical (unpaired) electrons. The largest absolute Gasteiger partial charge is 0.337 e. The van der Waals surface area contributed by atoms with Gasteiger partial charge in [-0.1, -0.05) is 13.8 Å². The maximum Gasteiger partial charge on any atom is 0.253 e. The maximum atomic E-state index is 13.1. The zero-order valence-electron chi connectivity index (χ0n) is 15.1. The predicted molar refractivity (Wildman–Crippen MR) is 103 cm³/mol. The molecule has 0 bridgehead atoms. The van der Waals surface area contributed by atoms with Crippen LogP contribution in [0, 0.1) is 11.8 Å². The van der Waals surface area contributed by atoms with Gasteiger partial charge in [0.15, 0.2) is 0 Å². The minimum atomic E-state index is 0.175. The number of fused-ring (bicyclic) bond motifs is 1. The van der Waals surface area contributed by atoms with Gasteiger partial charge in [0.25, 0.3) is 5.91 Å². The number of rotatable bonds is 4. The Hall–Kier alpha value is -1.46. The van der Waals surface area contributed by atoms with Crippen LogP contribution >= 0.6 is 11.3 Å². The highest BCUT2D eigenvalue weighted by atomic mass is 32.1. The predicted octanol–water partition coefficient (Wildman–Crippen LogP) is 3.88. The third kappa shape index (κ3) is 3.72. The van der Waals surface area contributed by atoms with E-state index in [9.17, 15) is 4.79 Å². The summed E-state index contributed by atoms with van der Waals surface area (Å²) in [4.78, 5) is 22.2. The molecule has 1 atom stereocenters. The van der Waals surface area contributed by atoms with E-state index in [4.69, 9.17) is 0 Å². The van der Waals surface area contributed by atoms with Gasteiger partial charge in [-0.3, -0.25) is 9.69 Å². The van der Waals surface area contributed by atoms with Crippen LogP contribution in [0.3, 0.4) is 0 Å². The zero-order chi connectivity index (χ0) is 17.4. The number of nitrogens with zero attached hydrogens (tertiary/aromatic N) is 3. The van der Waals surface area contributed by atoms with Crippen molar-refractivity contribution in [3.8, 4) is 0 Å². The molecule has 2 fully saturated rings. The highest BCUT2D eigenvalue weighted by Gasteiger charge is 2.33. The Balaban J connectivity index is 1.52. The van der Waals surface area contributed by atoms with Gasteiger partial charge in [0.1, 0.15) is 0 Å². The number of hydrogen-bond donors (Lipinski definition) is 0. The summed E-state index contributed by atoms with van der Waals surface area (Å²) >= 11 is 1.60. The van der Waals surface area contributed by atoms with Crippen molar-refractivity contribution in [2.45, 2.75) is 39.2 Å². The molecule has 0 N–H and O–H groups in total. The SMILES string of the molecule is CC(C)[C@@H]1CN(C(=O)c2ccc3ncsc3c2)CCCN1CC1CC1. The molecule has 134 valence electrons. The molecule has 1 aromatic carbocycles. The normalized spacial score (nSPS) is 22.5. The molecule has 1 aliphatic heterocycles. The second-order valence-electron chi connectivity index (χ2n) is 7.89. The summed E-state index contributed by atoms with van der Waals surface area (Å²) in [5.41, 5.74) is 3.62. The Bertz CT molecular complexity index is 752. The van der Waals surface area contributed by atoms with Crippen LogP contribution < -0.4 is 0 Å². The smallest absolute Gasteiger partial charge is 0.253 e. The van der Waals surface area contributed by atoms with E-state index in [1.54, 1.807) is 11.3 Å². The highest BCUT2D eigenvalue weighted by molar-refractivity contribution is 7.16. The van der Waals surface area contributed by atoms with Crippen LogP contribution in [0.5, 0.6) is 0 Å². The summed E-state index contributed by atoms with van der Waals surface area (Å²) < 4.78 is 1.09. The second kappa shape index (κ2) is 7.04. The lowest BCUT2D eigenvalue weighted by atomic mass is 10.0. The standard InChI is InChI=1S/C20H27N3OS/c1-14(2)18-12-23(9-3-8-22(18)11-15-4-5-15)20(24)16-6-7-17-19(10-16)25-13-21-17/h6-7,10,13-15,18H,3-5,8-9,11-12H2,1-2H3/t18-/m0/s1. The van der Waals surface area contributed by atoms with Gasteiger partial charge in [-0.05, 0) is 49.3 Å². The maximum absolute atomic E-state index is 13.1. The number of aromatic nitrogens is 1. The van der Waals surface area contributed by atoms with Gasteiger partial charge in [0, 0.05) is 37.8 Å². The third-order valence-corrected chi connectivity index (χ3v) is 6.37. The molecule has 5 heteroatoms. The zero-order valence-corrected chi connectivity index (χ0v) is 16.0. The molecule has 1 saturated heterocycles. The summed E-state index contributed by atoms with van der Waals surface area (Å²) in [5.74, 6) is 1.64. The van der Waals surface area contributed by atoms with Gasteiger partial charge in [0.2, 0.25) is 0 Å². The molecule has 1 saturated carbocycles. The quantitative estimate of drug-likeness (QED) is 0.833. The van der Waals surface area contributed by atoms with E-state index >= 15 is 0 Å². The summed E-state index contributed by atoms with van der Waals surface area (Å²) in [6.07, 6.45) is 3.85. The number of hydrogen-bond acceptors (Lipinski definition) is 4. The van der Waals surface area contributed by atoms with Crippen molar-refractivity contribution < 1.29 is 4.79 Å². The van der Waals surface area contributed by atoms with Crippen LogP contribution in [0.4, 0.5) is 0 Å². The molecule has 2 aromatic rings. The Morgan fingerprint density at radius 3 is 2.92 bits per heavy atom. The average molecular weight is 358 g/mol. The molecule has 25 heavy (non-hydrogen) atoms. The molecular formula is C20H27N3OS. The van der Waals surface area contributed by atoms with Crippen LogP contribution in [0.2, 0.25) is 0 Å². The summed E-state index contributed by atoms with van der Waals surface area (Å²) in [5, 5.41) is 0. The van der Waals surface area contributed by atoms with Crippen molar-refractivity contribution in [1.82, 2.24) is 14.8 Å². The molecule has 1 aromatic heterocycles. The van der Waals surface area contributed by atoms with E-state index in [0.717, 1.165) is 47.8 Å². The number of carbonyl (C=O) groups excluding carboxylic acids is 1. The average Bonchev–Trinajstić information content (AvgIpc) is 3.34. The fourth-order valence-electron chi connectivity index (χ4n) is 3.91. The van der Waals surface area contributed by atoms with E-state index in [0.29, 0.717) is 12.0 Å². The highest BCUT2D eigenvalue weighted by Crippen LogP contribution is 2.32. The first-order chi connectivity index (χ1) is 12.1. The molecule has 0 spiro atoms. The third-order valence-electron chi connectivity index (χ3n) is 5.57. The lowest BCUT2D eigenvalue weighted by Gasteiger charge is -2.34. The van der Waals surface area contributed by atoms with Crippen molar-refractivity contribution in [3.05, 3.63) is 29.3 Å². The van der Waals surface area contributed by atoms with E-state index in [1.807, 2.05) is 23.7 Å². The fraction of sp³-hybridized carbons (Fsp3) is 0.600. The second-order valence-corrected chi connectivity index (χ2v) is 8.78. The van der Waals surface area contributed by atoms with Gasteiger partial charge in [0.05, 0.1) is 15.7 Å². The lowest BCUT2D eigenvalue weighted by molar-refractivity contribution is 0.0704. The molecule has 0 unspecified atom stereocenters. The number of thiazole rings is 1. The molecule has 4 nitrogen and oxygen atoms in total. The first kappa shape index (κ1) is 17.0. The molecule has 2 heterocycles. The van der Waals surface area contributed by atoms with Gasteiger partial charge in [-0.2, -0.15) is 0 Å². The van der Waals surface area contributed by atoms with E-state index in [1.165, 1.54) is 19.4 Å². The lowest BCUT2D eigenvalue weighted by Crippen LogP contribution is -2.46. The number of carbonyl (C=O) groups is 1. The van der Waals surface area contributed by atoms with Gasteiger partial charge in [-0.15, -0.1) is 11.3 Å². The first-order valence-electron chi connectivity index (χ1n) is 9.48.